The Balaban J connectivity index is 1.54. The van der Waals surface area contributed by atoms with Gasteiger partial charge in [-0.3, -0.25) is 10.1 Å². The summed E-state index contributed by atoms with van der Waals surface area (Å²) in [6, 6.07) is 17.8. The molecule has 2 amide bonds. The molecule has 5 aromatic rings. The summed E-state index contributed by atoms with van der Waals surface area (Å²) >= 11 is 6.67. The van der Waals surface area contributed by atoms with Crippen LogP contribution in [0.5, 0.6) is 5.75 Å². The molecule has 1 unspecified atom stereocenters. The molecular weight excluding hydrogens is 585 g/mol. The van der Waals surface area contributed by atoms with E-state index >= 15 is 0 Å². The summed E-state index contributed by atoms with van der Waals surface area (Å²) in [6.07, 6.45) is 2.54. The fourth-order valence-electron chi connectivity index (χ4n) is 5.36. The average molecular weight is 614 g/mol. The summed E-state index contributed by atoms with van der Waals surface area (Å²) in [4.78, 5) is 33.3. The molecular formula is C33H29ClFN5O4. The van der Waals surface area contributed by atoms with Crippen molar-refractivity contribution in [3.8, 4) is 16.9 Å². The topological polar surface area (TPSA) is 98.1 Å². The van der Waals surface area contributed by atoms with Crippen LogP contribution in [0.1, 0.15) is 53.9 Å². The van der Waals surface area contributed by atoms with Gasteiger partial charge in [-0.2, -0.15) is 5.10 Å². The van der Waals surface area contributed by atoms with Gasteiger partial charge in [0.2, 0.25) is 0 Å². The summed E-state index contributed by atoms with van der Waals surface area (Å²) < 4.78 is 27.2. The van der Waals surface area contributed by atoms with Gasteiger partial charge in [0.15, 0.2) is 5.65 Å². The molecule has 9 nitrogen and oxygen atoms in total. The maximum absolute atomic E-state index is 14.7. The summed E-state index contributed by atoms with van der Waals surface area (Å²) in [7, 11) is 1.58. The molecule has 0 saturated heterocycles. The second kappa shape index (κ2) is 11.3. The number of carbonyl (C=O) groups excluding carboxylic acids is 2. The normalized spacial score (nSPS) is 14.5. The molecule has 3 aromatic carbocycles. The molecule has 0 spiro atoms. The number of rotatable bonds is 6. The Kier molecular flexibility index (Phi) is 7.46. The van der Waals surface area contributed by atoms with Crippen LogP contribution in [0, 0.1) is 5.82 Å². The van der Waals surface area contributed by atoms with Crippen molar-refractivity contribution in [2.75, 3.05) is 12.4 Å². The minimum atomic E-state index is -0.820. The number of nitrogens with zero attached hydrogens (tertiary/aromatic N) is 4. The number of nitrogens with one attached hydrogen (secondary N) is 1. The molecule has 44 heavy (non-hydrogen) atoms. The van der Waals surface area contributed by atoms with Crippen LogP contribution in [0.25, 0.3) is 16.8 Å². The standard InChI is InChI=1S/C33H29ClFN5O4/c1-33(2,3)44-32(42)38-27-14-21(20-7-12-28-36-18-37-40(28)17-20)13-25-29(27)30(24-15-22(35)8-11-26(24)34)39(31(25)41)16-19-5-9-23(43-4)10-6-19/h5-15,17-18,30H,16H2,1-4H3,(H,38,42). The zero-order valence-corrected chi connectivity index (χ0v) is 25.2. The Morgan fingerprint density at radius 2 is 1.82 bits per heavy atom. The van der Waals surface area contributed by atoms with Gasteiger partial charge in [0.25, 0.3) is 5.91 Å². The lowest BCUT2D eigenvalue weighted by Gasteiger charge is -2.28. The van der Waals surface area contributed by atoms with E-state index in [0.29, 0.717) is 39.3 Å². The third-order valence-corrected chi connectivity index (χ3v) is 7.61. The number of halogens is 2. The van der Waals surface area contributed by atoms with Crippen LogP contribution < -0.4 is 10.1 Å². The van der Waals surface area contributed by atoms with E-state index in [9.17, 15) is 14.0 Å². The maximum atomic E-state index is 14.7. The SMILES string of the molecule is COc1ccc(CN2C(=O)c3cc(-c4ccc5ncnn5c4)cc(NC(=O)OC(C)(C)C)c3C2c2cc(F)ccc2Cl)cc1. The summed E-state index contributed by atoms with van der Waals surface area (Å²) in [6.45, 7) is 5.46. The molecule has 1 atom stereocenters. The molecule has 3 heterocycles. The van der Waals surface area contributed by atoms with Crippen molar-refractivity contribution in [1.29, 1.82) is 0 Å². The van der Waals surface area contributed by atoms with E-state index < -0.39 is 23.6 Å². The van der Waals surface area contributed by atoms with E-state index in [-0.39, 0.29) is 17.5 Å². The van der Waals surface area contributed by atoms with E-state index in [1.165, 1.54) is 24.5 Å². The first-order chi connectivity index (χ1) is 21.0. The fraction of sp³-hybridized carbons (Fsp3) is 0.212. The number of carbonyl (C=O) groups is 2. The quantitative estimate of drug-likeness (QED) is 0.216. The smallest absolute Gasteiger partial charge is 0.412 e. The number of anilines is 1. The van der Waals surface area contributed by atoms with Crippen LogP contribution >= 0.6 is 11.6 Å². The first kappa shape index (κ1) is 29.1. The zero-order valence-electron chi connectivity index (χ0n) is 24.5. The van der Waals surface area contributed by atoms with Gasteiger partial charge in [0, 0.05) is 40.0 Å². The number of pyridine rings is 1. The minimum absolute atomic E-state index is 0.182. The van der Waals surface area contributed by atoms with Gasteiger partial charge >= 0.3 is 6.09 Å². The number of amides is 2. The molecule has 0 bridgehead atoms. The van der Waals surface area contributed by atoms with Crippen LogP contribution in [0.2, 0.25) is 5.02 Å². The highest BCUT2D eigenvalue weighted by molar-refractivity contribution is 6.31. The number of benzene rings is 3. The van der Waals surface area contributed by atoms with Gasteiger partial charge in [-0.05, 0) is 86.5 Å². The molecule has 6 rings (SSSR count). The minimum Gasteiger partial charge on any atom is -0.497 e. The molecule has 224 valence electrons. The number of hydrogen-bond donors (Lipinski definition) is 1. The van der Waals surface area contributed by atoms with Gasteiger partial charge in [0.1, 0.15) is 23.5 Å². The summed E-state index contributed by atoms with van der Waals surface area (Å²) in [5.41, 5.74) is 3.63. The lowest BCUT2D eigenvalue weighted by atomic mass is 9.92. The number of hydrogen-bond acceptors (Lipinski definition) is 6. The average Bonchev–Trinajstić information content (AvgIpc) is 3.56. The molecule has 0 radical (unpaired) electrons. The van der Waals surface area contributed by atoms with Crippen molar-refractivity contribution in [2.24, 2.45) is 0 Å². The molecule has 1 N–H and O–H groups in total. The molecule has 0 saturated carbocycles. The lowest BCUT2D eigenvalue weighted by Crippen LogP contribution is -2.29. The number of aromatic nitrogens is 3. The second-order valence-electron chi connectivity index (χ2n) is 11.4. The Morgan fingerprint density at radius 1 is 1.05 bits per heavy atom. The van der Waals surface area contributed by atoms with Gasteiger partial charge in [-0.1, -0.05) is 23.7 Å². The van der Waals surface area contributed by atoms with Crippen LogP contribution in [-0.4, -0.2) is 44.2 Å². The third-order valence-electron chi connectivity index (χ3n) is 7.26. The fourth-order valence-corrected chi connectivity index (χ4v) is 5.58. The molecule has 1 aliphatic rings. The molecule has 2 aromatic heterocycles. The number of ether oxygens (including phenoxy) is 2. The molecule has 0 fully saturated rings. The second-order valence-corrected chi connectivity index (χ2v) is 11.8. The maximum Gasteiger partial charge on any atom is 0.412 e. The van der Waals surface area contributed by atoms with Crippen molar-refractivity contribution in [3.05, 3.63) is 112 Å². The van der Waals surface area contributed by atoms with Crippen molar-refractivity contribution in [2.45, 2.75) is 39.0 Å². The van der Waals surface area contributed by atoms with E-state index in [1.807, 2.05) is 24.3 Å². The Labute approximate surface area is 258 Å². The van der Waals surface area contributed by atoms with Crippen molar-refractivity contribution < 1.29 is 23.5 Å². The summed E-state index contributed by atoms with van der Waals surface area (Å²) in [5.74, 6) is -0.140. The first-order valence-corrected chi connectivity index (χ1v) is 14.2. The Hall–Kier alpha value is -4.96. The summed E-state index contributed by atoms with van der Waals surface area (Å²) in [5, 5.41) is 7.37. The van der Waals surface area contributed by atoms with E-state index in [4.69, 9.17) is 21.1 Å². The van der Waals surface area contributed by atoms with Gasteiger partial charge < -0.3 is 14.4 Å². The van der Waals surface area contributed by atoms with Crippen molar-refractivity contribution in [3.63, 3.8) is 0 Å². The lowest BCUT2D eigenvalue weighted by molar-refractivity contribution is 0.0635. The van der Waals surface area contributed by atoms with Crippen LogP contribution in [0.4, 0.5) is 14.9 Å². The molecule has 0 aliphatic carbocycles. The predicted molar refractivity (Wildman–Crippen MR) is 164 cm³/mol. The highest BCUT2D eigenvalue weighted by atomic mass is 35.5. The Bertz CT molecular complexity index is 1900. The van der Waals surface area contributed by atoms with Gasteiger partial charge in [-0.25, -0.2) is 18.7 Å². The van der Waals surface area contributed by atoms with E-state index in [1.54, 1.807) is 67.8 Å². The van der Waals surface area contributed by atoms with Crippen LogP contribution in [-0.2, 0) is 11.3 Å². The van der Waals surface area contributed by atoms with E-state index in [2.05, 4.69) is 15.4 Å². The third kappa shape index (κ3) is 5.68. The number of methoxy groups -OCH3 is 1. The van der Waals surface area contributed by atoms with Crippen molar-refractivity contribution in [1.82, 2.24) is 19.5 Å². The highest BCUT2D eigenvalue weighted by Crippen LogP contribution is 2.47. The Morgan fingerprint density at radius 3 is 2.55 bits per heavy atom. The highest BCUT2D eigenvalue weighted by Gasteiger charge is 2.41. The largest absolute Gasteiger partial charge is 0.497 e. The number of fused-ring (bicyclic) bond motifs is 2. The monoisotopic (exact) mass is 613 g/mol. The molecule has 11 heteroatoms. The van der Waals surface area contributed by atoms with Gasteiger partial charge in [0.05, 0.1) is 18.8 Å². The van der Waals surface area contributed by atoms with E-state index in [0.717, 1.165) is 11.1 Å². The van der Waals surface area contributed by atoms with Crippen molar-refractivity contribution >= 4 is 34.9 Å². The molecule has 1 aliphatic heterocycles. The first-order valence-electron chi connectivity index (χ1n) is 13.9. The van der Waals surface area contributed by atoms with Gasteiger partial charge in [-0.15, -0.1) is 0 Å². The van der Waals surface area contributed by atoms with Crippen LogP contribution in [0.15, 0.2) is 79.3 Å². The van der Waals surface area contributed by atoms with Crippen LogP contribution in [0.3, 0.4) is 0 Å². The predicted octanol–water partition coefficient (Wildman–Crippen LogP) is 7.29. The zero-order chi connectivity index (χ0) is 31.2.